The number of carbonyl (C=O) groups excluding carboxylic acids is 1. The third-order valence-electron chi connectivity index (χ3n) is 1.41. The smallest absolute Gasteiger partial charge is 0.227 e. The predicted octanol–water partition coefficient (Wildman–Crippen LogP) is 1.26. The van der Waals surface area contributed by atoms with Gasteiger partial charge in [0.1, 0.15) is 4.32 Å². The topological polar surface area (TPSA) is 20.3 Å². The average Bonchev–Trinajstić information content (AvgIpc) is 2.04. The van der Waals surface area contributed by atoms with Crippen LogP contribution in [0.5, 0.6) is 0 Å². The Balaban J connectivity index is 2.64. The second-order valence-electron chi connectivity index (χ2n) is 2.17. The standard InChI is InChI=1S/C6H9NOS2/c1-7-5(8)3-2-4-10-6(7)9/h2-4H2,1H3. The second kappa shape index (κ2) is 3.34. The maximum Gasteiger partial charge on any atom is 0.227 e. The van der Waals surface area contributed by atoms with E-state index in [0.29, 0.717) is 10.7 Å². The van der Waals surface area contributed by atoms with Crippen LogP contribution < -0.4 is 0 Å². The number of thiocarbonyl (C=S) groups is 1. The van der Waals surface area contributed by atoms with Crippen LogP contribution in [-0.2, 0) is 4.79 Å². The first kappa shape index (κ1) is 8.01. The van der Waals surface area contributed by atoms with Gasteiger partial charge in [-0.25, -0.2) is 0 Å². The molecule has 1 fully saturated rings. The number of amides is 1. The van der Waals surface area contributed by atoms with Crippen molar-refractivity contribution in [2.24, 2.45) is 0 Å². The summed E-state index contributed by atoms with van der Waals surface area (Å²) in [5, 5.41) is 0. The van der Waals surface area contributed by atoms with E-state index >= 15 is 0 Å². The molecule has 1 rings (SSSR count). The van der Waals surface area contributed by atoms with Crippen LogP contribution >= 0.6 is 24.0 Å². The molecule has 0 aromatic rings. The highest BCUT2D eigenvalue weighted by molar-refractivity contribution is 8.22. The second-order valence-corrected chi connectivity index (χ2v) is 3.90. The first-order chi connectivity index (χ1) is 4.72. The summed E-state index contributed by atoms with van der Waals surface area (Å²) < 4.78 is 0.711. The zero-order valence-electron chi connectivity index (χ0n) is 5.79. The number of hydrogen-bond donors (Lipinski definition) is 0. The number of nitrogens with zero attached hydrogens (tertiary/aromatic N) is 1. The van der Waals surface area contributed by atoms with Crippen LogP contribution in [-0.4, -0.2) is 27.9 Å². The van der Waals surface area contributed by atoms with E-state index in [1.54, 1.807) is 23.7 Å². The van der Waals surface area contributed by atoms with Crippen molar-refractivity contribution < 1.29 is 4.79 Å². The quantitative estimate of drug-likeness (QED) is 0.517. The molecule has 2 nitrogen and oxygen atoms in total. The molecule has 10 heavy (non-hydrogen) atoms. The van der Waals surface area contributed by atoms with E-state index in [0.717, 1.165) is 12.2 Å². The first-order valence-corrected chi connectivity index (χ1v) is 4.54. The molecule has 1 amide bonds. The van der Waals surface area contributed by atoms with Gasteiger partial charge in [0.25, 0.3) is 0 Å². The van der Waals surface area contributed by atoms with E-state index in [1.807, 2.05) is 0 Å². The van der Waals surface area contributed by atoms with Crippen molar-refractivity contribution in [2.75, 3.05) is 12.8 Å². The molecule has 0 N–H and O–H groups in total. The third-order valence-corrected chi connectivity index (χ3v) is 3.05. The minimum atomic E-state index is 0.148. The van der Waals surface area contributed by atoms with Gasteiger partial charge in [0.15, 0.2) is 0 Å². The monoisotopic (exact) mass is 175 g/mol. The molecular formula is C6H9NOS2. The van der Waals surface area contributed by atoms with Gasteiger partial charge in [0, 0.05) is 19.2 Å². The summed E-state index contributed by atoms with van der Waals surface area (Å²) in [5.41, 5.74) is 0. The SMILES string of the molecule is CN1C(=O)CCCSC1=S. The van der Waals surface area contributed by atoms with Gasteiger partial charge in [-0.3, -0.25) is 4.79 Å². The molecule has 0 unspecified atom stereocenters. The van der Waals surface area contributed by atoms with Crippen molar-refractivity contribution in [2.45, 2.75) is 12.8 Å². The van der Waals surface area contributed by atoms with Crippen molar-refractivity contribution in [3.05, 3.63) is 0 Å². The molecule has 0 aromatic carbocycles. The Morgan fingerprint density at radius 2 is 2.40 bits per heavy atom. The van der Waals surface area contributed by atoms with Gasteiger partial charge in [0.2, 0.25) is 5.91 Å². The maximum absolute atomic E-state index is 11.0. The molecule has 0 aromatic heterocycles. The average molecular weight is 175 g/mol. The van der Waals surface area contributed by atoms with Gasteiger partial charge in [-0.05, 0) is 6.42 Å². The molecular weight excluding hydrogens is 166 g/mol. The van der Waals surface area contributed by atoms with Gasteiger partial charge in [-0.1, -0.05) is 24.0 Å². The van der Waals surface area contributed by atoms with Crippen LogP contribution in [0.1, 0.15) is 12.8 Å². The molecule has 0 atom stereocenters. The normalized spacial score (nSPS) is 21.1. The van der Waals surface area contributed by atoms with Crippen molar-refractivity contribution in [1.29, 1.82) is 0 Å². The lowest BCUT2D eigenvalue weighted by Gasteiger charge is -2.12. The molecule has 0 radical (unpaired) electrons. The van der Waals surface area contributed by atoms with E-state index in [4.69, 9.17) is 12.2 Å². The number of rotatable bonds is 0. The fourth-order valence-electron chi connectivity index (χ4n) is 0.749. The zero-order valence-corrected chi connectivity index (χ0v) is 7.43. The fraction of sp³-hybridized carbons (Fsp3) is 0.667. The van der Waals surface area contributed by atoms with Crippen LogP contribution in [0.2, 0.25) is 0 Å². The molecule has 1 aliphatic rings. The van der Waals surface area contributed by atoms with Crippen molar-refractivity contribution in [3.8, 4) is 0 Å². The highest BCUT2D eigenvalue weighted by Gasteiger charge is 2.16. The molecule has 1 saturated heterocycles. The number of carbonyl (C=O) groups is 1. The molecule has 0 spiro atoms. The van der Waals surface area contributed by atoms with Crippen molar-refractivity contribution in [3.63, 3.8) is 0 Å². The first-order valence-electron chi connectivity index (χ1n) is 3.15. The Labute approximate surface area is 70.0 Å². The lowest BCUT2D eigenvalue weighted by atomic mass is 10.3. The largest absolute Gasteiger partial charge is 0.301 e. The molecule has 1 heterocycles. The summed E-state index contributed by atoms with van der Waals surface area (Å²) in [6.45, 7) is 0. The Hall–Kier alpha value is -0.0900. The third kappa shape index (κ3) is 1.70. The van der Waals surface area contributed by atoms with E-state index in [9.17, 15) is 4.79 Å². The fourth-order valence-corrected chi connectivity index (χ4v) is 1.86. The number of hydrogen-bond acceptors (Lipinski definition) is 3. The Bertz CT molecular complexity index is 151. The Morgan fingerprint density at radius 1 is 1.70 bits per heavy atom. The van der Waals surface area contributed by atoms with Crippen molar-refractivity contribution in [1.82, 2.24) is 4.90 Å². The van der Waals surface area contributed by atoms with Crippen LogP contribution in [0, 0.1) is 0 Å². The minimum absolute atomic E-state index is 0.148. The minimum Gasteiger partial charge on any atom is -0.301 e. The summed E-state index contributed by atoms with van der Waals surface area (Å²) in [4.78, 5) is 12.6. The van der Waals surface area contributed by atoms with Gasteiger partial charge >= 0.3 is 0 Å². The van der Waals surface area contributed by atoms with Gasteiger partial charge in [0.05, 0.1) is 0 Å². The lowest BCUT2D eigenvalue weighted by Crippen LogP contribution is -2.27. The van der Waals surface area contributed by atoms with E-state index < -0.39 is 0 Å². The van der Waals surface area contributed by atoms with E-state index in [-0.39, 0.29) is 5.91 Å². The summed E-state index contributed by atoms with van der Waals surface area (Å²) in [6.07, 6.45) is 1.59. The van der Waals surface area contributed by atoms with Crippen LogP contribution in [0.15, 0.2) is 0 Å². The molecule has 1 aliphatic heterocycles. The highest BCUT2D eigenvalue weighted by Crippen LogP contribution is 2.16. The Kier molecular flexibility index (Phi) is 2.68. The van der Waals surface area contributed by atoms with Gasteiger partial charge in [-0.2, -0.15) is 0 Å². The van der Waals surface area contributed by atoms with Crippen molar-refractivity contribution >= 4 is 34.2 Å². The lowest BCUT2D eigenvalue weighted by molar-refractivity contribution is -0.126. The summed E-state index contributed by atoms with van der Waals surface area (Å²) in [7, 11) is 1.74. The summed E-state index contributed by atoms with van der Waals surface area (Å²) in [6, 6.07) is 0. The Morgan fingerprint density at radius 3 is 3.10 bits per heavy atom. The zero-order chi connectivity index (χ0) is 7.56. The van der Waals surface area contributed by atoms with Crippen LogP contribution in [0.25, 0.3) is 0 Å². The molecule has 4 heteroatoms. The molecule has 0 bridgehead atoms. The summed E-state index contributed by atoms with van der Waals surface area (Å²) >= 11 is 6.55. The maximum atomic E-state index is 11.0. The summed E-state index contributed by atoms with van der Waals surface area (Å²) in [5.74, 6) is 1.13. The van der Waals surface area contributed by atoms with Crippen LogP contribution in [0.4, 0.5) is 0 Å². The predicted molar refractivity (Wildman–Crippen MR) is 47.1 cm³/mol. The van der Waals surface area contributed by atoms with E-state index in [2.05, 4.69) is 0 Å². The highest BCUT2D eigenvalue weighted by atomic mass is 32.2. The number of thioether (sulfide) groups is 1. The molecule has 0 saturated carbocycles. The van der Waals surface area contributed by atoms with Crippen LogP contribution in [0.3, 0.4) is 0 Å². The van der Waals surface area contributed by atoms with Gasteiger partial charge < -0.3 is 4.90 Å². The molecule has 56 valence electrons. The molecule has 0 aliphatic carbocycles. The van der Waals surface area contributed by atoms with E-state index in [1.165, 1.54) is 0 Å². The van der Waals surface area contributed by atoms with Gasteiger partial charge in [-0.15, -0.1) is 0 Å².